The summed E-state index contributed by atoms with van der Waals surface area (Å²) in [7, 11) is 0. The van der Waals surface area contributed by atoms with Crippen LogP contribution >= 0.6 is 0 Å². The average Bonchev–Trinajstić information content (AvgIpc) is 3.22. The molecule has 2 atom stereocenters. The molecule has 0 amide bonds. The molecule has 0 radical (unpaired) electrons. The van der Waals surface area contributed by atoms with Gasteiger partial charge in [-0.2, -0.15) is 0 Å². The van der Waals surface area contributed by atoms with Crippen LogP contribution in [0.2, 0.25) is 0 Å². The molecule has 0 spiro atoms. The second kappa shape index (κ2) is 8.59. The number of fused-ring (bicyclic) bond motifs is 1. The van der Waals surface area contributed by atoms with Crippen LogP contribution < -0.4 is 15.5 Å². The summed E-state index contributed by atoms with van der Waals surface area (Å²) in [5.41, 5.74) is 6.21. The van der Waals surface area contributed by atoms with E-state index in [1.54, 1.807) is 0 Å². The Hall–Kier alpha value is -3.45. The fraction of sp³-hybridized carbons (Fsp3) is 0.320. The molecule has 4 aromatic heterocycles. The van der Waals surface area contributed by atoms with Gasteiger partial charge in [-0.05, 0) is 50.6 Å². The number of aryl methyl sites for hydroxylation is 1. The molecule has 5 rings (SSSR count). The van der Waals surface area contributed by atoms with Gasteiger partial charge < -0.3 is 20.5 Å². The molecule has 0 unspecified atom stereocenters. The van der Waals surface area contributed by atoms with Crippen LogP contribution in [0.15, 0.2) is 55.1 Å². The largest absolute Gasteiger partial charge is 0.379 e. The first-order chi connectivity index (χ1) is 15.6. The van der Waals surface area contributed by atoms with Crippen molar-refractivity contribution in [2.75, 3.05) is 23.3 Å². The lowest BCUT2D eigenvalue weighted by Crippen LogP contribution is -2.54. The number of pyridine rings is 3. The van der Waals surface area contributed by atoms with Crippen LogP contribution in [0.25, 0.3) is 22.2 Å². The van der Waals surface area contributed by atoms with Crippen molar-refractivity contribution in [1.82, 2.24) is 25.3 Å². The summed E-state index contributed by atoms with van der Waals surface area (Å²) in [6.07, 6.45) is 7.60. The molecular formula is C25H29N7. The highest BCUT2D eigenvalue weighted by Gasteiger charge is 2.22. The summed E-state index contributed by atoms with van der Waals surface area (Å²) >= 11 is 0. The topological polar surface area (TPSA) is 81.8 Å². The van der Waals surface area contributed by atoms with E-state index in [2.05, 4.69) is 75.5 Å². The SMILES string of the molecule is Cc1cncc(-c2c[nH]c3nccc(NCc4cccc(N5C[C@@H](C)N[C@@H](C)C5)n4)c23)c1. The first kappa shape index (κ1) is 20.5. The van der Waals surface area contributed by atoms with Crippen molar-refractivity contribution < 1.29 is 0 Å². The Bertz CT molecular complexity index is 1220. The Kier molecular flexibility index (Phi) is 5.49. The van der Waals surface area contributed by atoms with Crippen molar-refractivity contribution in [3.8, 4) is 11.1 Å². The summed E-state index contributed by atoms with van der Waals surface area (Å²) in [5.74, 6) is 1.04. The van der Waals surface area contributed by atoms with Gasteiger partial charge >= 0.3 is 0 Å². The molecule has 0 bridgehead atoms. The smallest absolute Gasteiger partial charge is 0.139 e. The van der Waals surface area contributed by atoms with E-state index in [0.717, 1.165) is 58.0 Å². The molecule has 1 aliphatic rings. The lowest BCUT2D eigenvalue weighted by Gasteiger charge is -2.37. The molecule has 1 aliphatic heterocycles. The third-order valence-electron chi connectivity index (χ3n) is 5.89. The zero-order chi connectivity index (χ0) is 22.1. The standard InChI is InChI=1S/C25H29N7/c1-16-9-19(11-26-10-16)21-13-29-25-24(21)22(7-8-27-25)28-12-20-5-4-6-23(31-20)32-14-17(2)30-18(3)15-32/h4-11,13,17-18,30H,12,14-15H2,1-3H3,(H2,27,28,29)/t17-,18+. The van der Waals surface area contributed by atoms with E-state index in [0.29, 0.717) is 18.6 Å². The molecule has 0 saturated carbocycles. The van der Waals surface area contributed by atoms with E-state index in [4.69, 9.17) is 4.98 Å². The van der Waals surface area contributed by atoms with Gasteiger partial charge in [0.05, 0.1) is 12.2 Å². The van der Waals surface area contributed by atoms with Crippen molar-refractivity contribution in [2.24, 2.45) is 0 Å². The molecule has 7 nitrogen and oxygen atoms in total. The zero-order valence-corrected chi connectivity index (χ0v) is 18.8. The van der Waals surface area contributed by atoms with E-state index < -0.39 is 0 Å². The average molecular weight is 428 g/mol. The molecule has 164 valence electrons. The van der Waals surface area contributed by atoms with Gasteiger partial charge in [0.15, 0.2) is 0 Å². The van der Waals surface area contributed by atoms with Gasteiger partial charge in [0.25, 0.3) is 0 Å². The van der Waals surface area contributed by atoms with Crippen LogP contribution in [-0.4, -0.2) is 45.1 Å². The third-order valence-corrected chi connectivity index (χ3v) is 5.89. The fourth-order valence-electron chi connectivity index (χ4n) is 4.57. The van der Waals surface area contributed by atoms with Crippen molar-refractivity contribution in [3.05, 3.63) is 66.4 Å². The third kappa shape index (κ3) is 4.16. The van der Waals surface area contributed by atoms with Crippen molar-refractivity contribution in [3.63, 3.8) is 0 Å². The van der Waals surface area contributed by atoms with Gasteiger partial charge in [-0.1, -0.05) is 6.07 Å². The second-order valence-electron chi connectivity index (χ2n) is 8.75. The van der Waals surface area contributed by atoms with Crippen molar-refractivity contribution >= 4 is 22.5 Å². The summed E-state index contributed by atoms with van der Waals surface area (Å²) in [4.78, 5) is 19.5. The van der Waals surface area contributed by atoms with Gasteiger partial charge in [-0.15, -0.1) is 0 Å². The van der Waals surface area contributed by atoms with Crippen LogP contribution in [-0.2, 0) is 6.54 Å². The Balaban J connectivity index is 1.40. The minimum Gasteiger partial charge on any atom is -0.379 e. The molecule has 5 heterocycles. The monoisotopic (exact) mass is 427 g/mol. The van der Waals surface area contributed by atoms with Crippen LogP contribution in [0.3, 0.4) is 0 Å². The van der Waals surface area contributed by atoms with Crippen LogP contribution in [0, 0.1) is 6.92 Å². The molecule has 32 heavy (non-hydrogen) atoms. The molecule has 1 saturated heterocycles. The lowest BCUT2D eigenvalue weighted by atomic mass is 10.1. The molecule has 3 N–H and O–H groups in total. The highest BCUT2D eigenvalue weighted by molar-refractivity contribution is 6.02. The minimum absolute atomic E-state index is 0.454. The van der Waals surface area contributed by atoms with Gasteiger partial charge in [-0.3, -0.25) is 4.98 Å². The molecule has 1 fully saturated rings. The first-order valence-electron chi connectivity index (χ1n) is 11.2. The summed E-state index contributed by atoms with van der Waals surface area (Å²) in [6, 6.07) is 11.4. The number of hydrogen-bond acceptors (Lipinski definition) is 6. The number of nitrogens with zero attached hydrogens (tertiary/aromatic N) is 4. The van der Waals surface area contributed by atoms with Gasteiger partial charge in [-0.25, -0.2) is 9.97 Å². The number of piperazine rings is 1. The molecule has 0 aromatic carbocycles. The lowest BCUT2D eigenvalue weighted by molar-refractivity contribution is 0.405. The van der Waals surface area contributed by atoms with E-state index in [-0.39, 0.29) is 0 Å². The molecular weight excluding hydrogens is 398 g/mol. The van der Waals surface area contributed by atoms with Gasteiger partial charge in [0.1, 0.15) is 11.5 Å². The predicted octanol–water partition coefficient (Wildman–Crippen LogP) is 4.13. The van der Waals surface area contributed by atoms with Gasteiger partial charge in [0.2, 0.25) is 0 Å². The van der Waals surface area contributed by atoms with E-state index in [1.165, 1.54) is 0 Å². The normalized spacial score (nSPS) is 18.8. The van der Waals surface area contributed by atoms with Crippen LogP contribution in [0.1, 0.15) is 25.1 Å². The maximum Gasteiger partial charge on any atom is 0.139 e. The molecule has 4 aromatic rings. The molecule has 7 heteroatoms. The Morgan fingerprint density at radius 3 is 2.78 bits per heavy atom. The zero-order valence-electron chi connectivity index (χ0n) is 18.8. The molecule has 0 aliphatic carbocycles. The Morgan fingerprint density at radius 2 is 1.97 bits per heavy atom. The summed E-state index contributed by atoms with van der Waals surface area (Å²) in [5, 5.41) is 8.24. The minimum atomic E-state index is 0.454. The number of rotatable bonds is 5. The quantitative estimate of drug-likeness (QED) is 0.444. The maximum absolute atomic E-state index is 4.94. The van der Waals surface area contributed by atoms with Crippen LogP contribution in [0.4, 0.5) is 11.5 Å². The second-order valence-corrected chi connectivity index (χ2v) is 8.75. The van der Waals surface area contributed by atoms with Crippen molar-refractivity contribution in [1.29, 1.82) is 0 Å². The van der Waals surface area contributed by atoms with Crippen molar-refractivity contribution in [2.45, 2.75) is 39.4 Å². The first-order valence-corrected chi connectivity index (χ1v) is 11.2. The summed E-state index contributed by atoms with van der Waals surface area (Å²) in [6.45, 7) is 9.08. The highest BCUT2D eigenvalue weighted by Crippen LogP contribution is 2.33. The Morgan fingerprint density at radius 1 is 1.12 bits per heavy atom. The van der Waals surface area contributed by atoms with E-state index >= 15 is 0 Å². The number of aromatic amines is 1. The Labute approximate surface area is 188 Å². The fourth-order valence-corrected chi connectivity index (χ4v) is 4.57. The predicted molar refractivity (Wildman–Crippen MR) is 130 cm³/mol. The maximum atomic E-state index is 4.94. The van der Waals surface area contributed by atoms with E-state index in [1.807, 2.05) is 30.9 Å². The number of anilines is 2. The number of aromatic nitrogens is 4. The highest BCUT2D eigenvalue weighted by atomic mass is 15.3. The van der Waals surface area contributed by atoms with Crippen LogP contribution in [0.5, 0.6) is 0 Å². The number of nitrogens with one attached hydrogen (secondary N) is 3. The summed E-state index contributed by atoms with van der Waals surface area (Å²) < 4.78 is 0. The van der Waals surface area contributed by atoms with Gasteiger partial charge in [0, 0.05) is 72.2 Å². The number of H-pyrrole nitrogens is 1. The van der Waals surface area contributed by atoms with E-state index in [9.17, 15) is 0 Å². The number of hydrogen-bond donors (Lipinski definition) is 3.